The SMILES string of the molecule is Cc1ccc([C@H](NCC(=O)NCCOc2cccc(C)c2)c2cccs2)cc1. The third kappa shape index (κ3) is 5.94. The van der Waals surface area contributed by atoms with Gasteiger partial charge in [-0.2, -0.15) is 0 Å². The zero-order valence-electron chi connectivity index (χ0n) is 16.3. The summed E-state index contributed by atoms with van der Waals surface area (Å²) in [6.45, 7) is 5.27. The van der Waals surface area contributed by atoms with Gasteiger partial charge in [-0.05, 0) is 48.6 Å². The molecule has 0 fully saturated rings. The molecule has 146 valence electrons. The van der Waals surface area contributed by atoms with E-state index in [4.69, 9.17) is 4.74 Å². The Morgan fingerprint density at radius 2 is 1.86 bits per heavy atom. The van der Waals surface area contributed by atoms with Crippen LogP contribution in [0.2, 0.25) is 0 Å². The number of carbonyl (C=O) groups is 1. The highest BCUT2D eigenvalue weighted by Gasteiger charge is 2.16. The molecule has 3 aromatic rings. The molecule has 1 aromatic heterocycles. The van der Waals surface area contributed by atoms with Crippen molar-refractivity contribution in [2.24, 2.45) is 0 Å². The van der Waals surface area contributed by atoms with Gasteiger partial charge in [0.15, 0.2) is 0 Å². The number of rotatable bonds is 9. The third-order valence-corrected chi connectivity index (χ3v) is 5.32. The molecule has 1 amide bonds. The van der Waals surface area contributed by atoms with Gasteiger partial charge in [0.2, 0.25) is 5.91 Å². The summed E-state index contributed by atoms with van der Waals surface area (Å²) in [5.41, 5.74) is 3.53. The average Bonchev–Trinajstić information content (AvgIpc) is 3.21. The van der Waals surface area contributed by atoms with Crippen LogP contribution in [0.1, 0.15) is 27.6 Å². The van der Waals surface area contributed by atoms with Crippen molar-refractivity contribution >= 4 is 17.2 Å². The maximum absolute atomic E-state index is 12.2. The van der Waals surface area contributed by atoms with E-state index in [1.54, 1.807) is 11.3 Å². The van der Waals surface area contributed by atoms with Crippen LogP contribution >= 0.6 is 11.3 Å². The zero-order chi connectivity index (χ0) is 19.8. The van der Waals surface area contributed by atoms with E-state index in [0.717, 1.165) is 16.9 Å². The van der Waals surface area contributed by atoms with Crippen molar-refractivity contribution in [3.63, 3.8) is 0 Å². The number of carbonyl (C=O) groups excluding carboxylic acids is 1. The van der Waals surface area contributed by atoms with Gasteiger partial charge in [-0.3, -0.25) is 10.1 Å². The van der Waals surface area contributed by atoms with Gasteiger partial charge in [-0.15, -0.1) is 11.3 Å². The lowest BCUT2D eigenvalue weighted by atomic mass is 10.0. The standard InChI is InChI=1S/C23H26N2O2S/c1-17-8-10-19(11-9-17)23(21-7-4-14-28-21)25-16-22(26)24-12-13-27-20-6-3-5-18(2)15-20/h3-11,14-15,23,25H,12-13,16H2,1-2H3,(H,24,26)/t23-/m0/s1. The van der Waals surface area contributed by atoms with Crippen molar-refractivity contribution in [3.8, 4) is 5.75 Å². The minimum Gasteiger partial charge on any atom is -0.492 e. The topological polar surface area (TPSA) is 50.4 Å². The van der Waals surface area contributed by atoms with Gasteiger partial charge < -0.3 is 10.1 Å². The van der Waals surface area contributed by atoms with E-state index in [0.29, 0.717) is 13.2 Å². The molecule has 0 spiro atoms. The summed E-state index contributed by atoms with van der Waals surface area (Å²) in [7, 11) is 0. The third-order valence-electron chi connectivity index (χ3n) is 4.39. The first-order valence-electron chi connectivity index (χ1n) is 9.41. The molecular weight excluding hydrogens is 368 g/mol. The Morgan fingerprint density at radius 1 is 1.04 bits per heavy atom. The summed E-state index contributed by atoms with van der Waals surface area (Å²) in [5, 5.41) is 8.34. The molecule has 0 aliphatic heterocycles. The molecule has 1 atom stereocenters. The highest BCUT2D eigenvalue weighted by atomic mass is 32.1. The number of thiophene rings is 1. The molecule has 1 heterocycles. The van der Waals surface area contributed by atoms with E-state index in [1.807, 2.05) is 37.3 Å². The molecule has 2 aromatic carbocycles. The summed E-state index contributed by atoms with van der Waals surface area (Å²) < 4.78 is 5.67. The monoisotopic (exact) mass is 394 g/mol. The second-order valence-corrected chi connectivity index (χ2v) is 7.73. The Balaban J connectivity index is 1.47. The lowest BCUT2D eigenvalue weighted by Crippen LogP contribution is -2.37. The van der Waals surface area contributed by atoms with Gasteiger partial charge >= 0.3 is 0 Å². The molecule has 28 heavy (non-hydrogen) atoms. The van der Waals surface area contributed by atoms with Gasteiger partial charge in [-0.1, -0.05) is 48.0 Å². The lowest BCUT2D eigenvalue weighted by Gasteiger charge is -2.18. The van der Waals surface area contributed by atoms with Crippen LogP contribution in [0.25, 0.3) is 0 Å². The molecule has 0 radical (unpaired) electrons. The van der Waals surface area contributed by atoms with Crippen LogP contribution in [-0.2, 0) is 4.79 Å². The first-order chi connectivity index (χ1) is 13.6. The molecule has 0 saturated carbocycles. The van der Waals surface area contributed by atoms with E-state index in [-0.39, 0.29) is 18.5 Å². The fourth-order valence-corrected chi connectivity index (χ4v) is 3.75. The summed E-state index contributed by atoms with van der Waals surface area (Å²) >= 11 is 1.69. The predicted molar refractivity (Wildman–Crippen MR) is 115 cm³/mol. The summed E-state index contributed by atoms with van der Waals surface area (Å²) in [6.07, 6.45) is 0. The Hall–Kier alpha value is -2.63. The van der Waals surface area contributed by atoms with Crippen molar-refractivity contribution in [2.75, 3.05) is 19.7 Å². The Labute approximate surface area is 170 Å². The van der Waals surface area contributed by atoms with E-state index in [9.17, 15) is 4.79 Å². The second kappa shape index (κ2) is 10.1. The zero-order valence-corrected chi connectivity index (χ0v) is 17.1. The molecule has 5 heteroatoms. The van der Waals surface area contributed by atoms with E-state index >= 15 is 0 Å². The van der Waals surface area contributed by atoms with Crippen LogP contribution in [0.3, 0.4) is 0 Å². The summed E-state index contributed by atoms with van der Waals surface area (Å²) in [4.78, 5) is 13.4. The van der Waals surface area contributed by atoms with Crippen LogP contribution in [0.15, 0.2) is 66.0 Å². The highest BCUT2D eigenvalue weighted by Crippen LogP contribution is 2.26. The molecule has 3 rings (SSSR count). The summed E-state index contributed by atoms with van der Waals surface area (Å²) in [5.74, 6) is 0.783. The Bertz CT molecular complexity index is 876. The Morgan fingerprint density at radius 3 is 2.57 bits per heavy atom. The summed E-state index contributed by atoms with van der Waals surface area (Å²) in [6, 6.07) is 20.4. The molecule has 0 aliphatic rings. The second-order valence-electron chi connectivity index (χ2n) is 6.75. The molecule has 0 unspecified atom stereocenters. The lowest BCUT2D eigenvalue weighted by molar-refractivity contribution is -0.120. The van der Waals surface area contributed by atoms with Gasteiger partial charge in [0, 0.05) is 4.88 Å². The minimum absolute atomic E-state index is 0.00916. The first-order valence-corrected chi connectivity index (χ1v) is 10.3. The number of benzene rings is 2. The van der Waals surface area contributed by atoms with Gasteiger partial charge in [-0.25, -0.2) is 0 Å². The van der Waals surface area contributed by atoms with Crippen LogP contribution in [0.5, 0.6) is 5.75 Å². The van der Waals surface area contributed by atoms with Crippen LogP contribution in [-0.4, -0.2) is 25.6 Å². The normalized spacial score (nSPS) is 11.8. The van der Waals surface area contributed by atoms with E-state index in [1.165, 1.54) is 10.4 Å². The fourth-order valence-electron chi connectivity index (χ4n) is 2.92. The molecule has 0 aliphatic carbocycles. The Kier molecular flexibility index (Phi) is 7.23. The van der Waals surface area contributed by atoms with Crippen molar-refractivity contribution in [1.82, 2.24) is 10.6 Å². The predicted octanol–water partition coefficient (Wildman–Crippen LogP) is 4.24. The van der Waals surface area contributed by atoms with Crippen LogP contribution in [0, 0.1) is 13.8 Å². The molecule has 0 bridgehead atoms. The maximum atomic E-state index is 12.2. The maximum Gasteiger partial charge on any atom is 0.234 e. The van der Waals surface area contributed by atoms with Crippen LogP contribution in [0.4, 0.5) is 0 Å². The number of ether oxygens (including phenoxy) is 1. The largest absolute Gasteiger partial charge is 0.492 e. The van der Waals surface area contributed by atoms with Crippen molar-refractivity contribution in [3.05, 3.63) is 87.6 Å². The average molecular weight is 395 g/mol. The number of nitrogens with one attached hydrogen (secondary N) is 2. The van der Waals surface area contributed by atoms with E-state index < -0.39 is 0 Å². The van der Waals surface area contributed by atoms with Gasteiger partial charge in [0.1, 0.15) is 12.4 Å². The van der Waals surface area contributed by atoms with Gasteiger partial charge in [0.05, 0.1) is 19.1 Å². The smallest absolute Gasteiger partial charge is 0.234 e. The van der Waals surface area contributed by atoms with Crippen molar-refractivity contribution < 1.29 is 9.53 Å². The molecule has 4 nitrogen and oxygen atoms in total. The van der Waals surface area contributed by atoms with E-state index in [2.05, 4.69) is 53.3 Å². The van der Waals surface area contributed by atoms with Gasteiger partial charge in [0.25, 0.3) is 0 Å². The highest BCUT2D eigenvalue weighted by molar-refractivity contribution is 7.10. The van der Waals surface area contributed by atoms with Crippen LogP contribution < -0.4 is 15.4 Å². The molecular formula is C23H26N2O2S. The van der Waals surface area contributed by atoms with Crippen molar-refractivity contribution in [1.29, 1.82) is 0 Å². The quantitative estimate of drug-likeness (QED) is 0.534. The minimum atomic E-state index is -0.0403. The number of hydrogen-bond acceptors (Lipinski definition) is 4. The number of amides is 1. The number of hydrogen-bond donors (Lipinski definition) is 2. The first kappa shape index (κ1) is 20.1. The molecule has 2 N–H and O–H groups in total. The fraction of sp³-hybridized carbons (Fsp3) is 0.261. The van der Waals surface area contributed by atoms with Crippen molar-refractivity contribution in [2.45, 2.75) is 19.9 Å². The molecule has 0 saturated heterocycles. The number of aryl methyl sites for hydroxylation is 2.